The second-order valence-electron chi connectivity index (χ2n) is 4.64. The predicted octanol–water partition coefficient (Wildman–Crippen LogP) is 5.30. The lowest BCUT2D eigenvalue weighted by molar-refractivity contribution is -0.137. The van der Waals surface area contributed by atoms with Crippen molar-refractivity contribution in [1.82, 2.24) is 9.55 Å². The van der Waals surface area contributed by atoms with Crippen molar-refractivity contribution in [2.75, 3.05) is 11.2 Å². The second kappa shape index (κ2) is 7.67. The van der Waals surface area contributed by atoms with E-state index in [-0.39, 0.29) is 15.7 Å². The summed E-state index contributed by atoms with van der Waals surface area (Å²) in [4.78, 5) is 4.23. The van der Waals surface area contributed by atoms with Gasteiger partial charge in [0.1, 0.15) is 0 Å². The van der Waals surface area contributed by atoms with Crippen LogP contribution in [0.3, 0.4) is 0 Å². The van der Waals surface area contributed by atoms with E-state index in [2.05, 4.69) is 15.5 Å². The van der Waals surface area contributed by atoms with E-state index in [9.17, 15) is 13.2 Å². The highest BCUT2D eigenvalue weighted by Gasteiger charge is 2.32. The number of rotatable bonds is 5. The topological polar surface area (TPSA) is 42.2 Å². The van der Waals surface area contributed by atoms with Crippen molar-refractivity contribution in [2.45, 2.75) is 18.3 Å². The van der Waals surface area contributed by atoms with Gasteiger partial charge in [-0.1, -0.05) is 41.9 Å². The molecule has 2 rings (SSSR count). The molecular formula is C14H13Cl2F3N4S. The van der Waals surface area contributed by atoms with Gasteiger partial charge in [-0.2, -0.15) is 18.3 Å². The summed E-state index contributed by atoms with van der Waals surface area (Å²) in [6, 6.07) is 1.59. The van der Waals surface area contributed by atoms with Gasteiger partial charge in [-0.3, -0.25) is 5.43 Å². The van der Waals surface area contributed by atoms with Gasteiger partial charge in [-0.05, 0) is 17.9 Å². The first-order chi connectivity index (χ1) is 11.2. The average Bonchev–Trinajstić information content (AvgIpc) is 2.82. The summed E-state index contributed by atoms with van der Waals surface area (Å²) in [6.07, 6.45) is -1.40. The molecule has 130 valence electrons. The Morgan fingerprint density at radius 3 is 2.50 bits per heavy atom. The molecule has 4 nitrogen and oxygen atoms in total. The number of nitrogens with one attached hydrogen (secondary N) is 1. The molecule has 0 aliphatic heterocycles. The molecule has 0 amide bonds. The summed E-state index contributed by atoms with van der Waals surface area (Å²) in [7, 11) is 1.84. The molecular weight excluding hydrogens is 384 g/mol. The number of thioether (sulfide) groups is 1. The lowest BCUT2D eigenvalue weighted by Crippen LogP contribution is -2.05. The molecule has 0 aliphatic carbocycles. The van der Waals surface area contributed by atoms with Crippen LogP contribution in [0.1, 0.15) is 18.2 Å². The molecule has 1 heterocycles. The van der Waals surface area contributed by atoms with E-state index in [1.54, 1.807) is 18.0 Å². The second-order valence-corrected chi connectivity index (χ2v) is 6.69. The minimum Gasteiger partial charge on any atom is -0.321 e. The molecule has 0 bridgehead atoms. The fourth-order valence-corrected chi connectivity index (χ4v) is 3.05. The SMILES string of the molecule is CCSc1ncc(/C=N\Nc2c(Cl)cc(C(F)(F)F)cc2Cl)n1C. The predicted molar refractivity (Wildman–Crippen MR) is 92.3 cm³/mol. The van der Waals surface area contributed by atoms with Crippen molar-refractivity contribution in [1.29, 1.82) is 0 Å². The quantitative estimate of drug-likeness (QED) is 0.423. The summed E-state index contributed by atoms with van der Waals surface area (Å²) >= 11 is 13.3. The summed E-state index contributed by atoms with van der Waals surface area (Å²) < 4.78 is 39.9. The molecule has 24 heavy (non-hydrogen) atoms. The molecule has 0 atom stereocenters. The third-order valence-corrected chi connectivity index (χ3v) is 4.52. The van der Waals surface area contributed by atoms with Crippen LogP contribution >= 0.6 is 35.0 Å². The third-order valence-electron chi connectivity index (χ3n) is 3.00. The summed E-state index contributed by atoms with van der Waals surface area (Å²) in [5, 5.41) is 4.47. The first-order valence-electron chi connectivity index (χ1n) is 6.73. The minimum atomic E-state index is -4.52. The molecule has 0 unspecified atom stereocenters. The Balaban J connectivity index is 2.17. The lowest BCUT2D eigenvalue weighted by Gasteiger charge is -2.11. The number of nitrogens with zero attached hydrogens (tertiary/aromatic N) is 3. The molecule has 0 saturated carbocycles. The number of hydrazone groups is 1. The minimum absolute atomic E-state index is 0.105. The molecule has 0 radical (unpaired) electrons. The van der Waals surface area contributed by atoms with Crippen LogP contribution in [0.25, 0.3) is 0 Å². The van der Waals surface area contributed by atoms with Gasteiger partial charge in [0.25, 0.3) is 0 Å². The lowest BCUT2D eigenvalue weighted by atomic mass is 10.2. The summed E-state index contributed by atoms with van der Waals surface area (Å²) in [5.41, 5.74) is 2.47. The Morgan fingerprint density at radius 1 is 1.33 bits per heavy atom. The molecule has 0 spiro atoms. The Bertz CT molecular complexity index is 736. The molecule has 1 N–H and O–H groups in total. The zero-order chi connectivity index (χ0) is 17.9. The van der Waals surface area contributed by atoms with Gasteiger partial charge >= 0.3 is 6.18 Å². The van der Waals surface area contributed by atoms with Crippen LogP contribution in [0.15, 0.2) is 28.6 Å². The highest BCUT2D eigenvalue weighted by atomic mass is 35.5. The highest BCUT2D eigenvalue weighted by molar-refractivity contribution is 7.99. The summed E-state index contributed by atoms with van der Waals surface area (Å²) in [5.74, 6) is 0.885. The van der Waals surface area contributed by atoms with Crippen LogP contribution in [0.4, 0.5) is 18.9 Å². The van der Waals surface area contributed by atoms with Crippen LogP contribution < -0.4 is 5.43 Å². The van der Waals surface area contributed by atoms with Gasteiger partial charge in [0, 0.05) is 7.05 Å². The molecule has 0 aliphatic rings. The third kappa shape index (κ3) is 4.37. The standard InChI is InChI=1S/C14H13Cl2F3N4S/c1-3-24-13-20-6-9(23(13)2)7-21-22-12-10(15)4-8(5-11(12)16)14(17,18)19/h4-7,22H,3H2,1-2H3/b21-7-. The molecule has 1 aromatic heterocycles. The number of aromatic nitrogens is 2. The van der Waals surface area contributed by atoms with Crippen molar-refractivity contribution in [3.8, 4) is 0 Å². The number of imidazole rings is 1. The van der Waals surface area contributed by atoms with Crippen LogP contribution in [0.2, 0.25) is 10.0 Å². The average molecular weight is 397 g/mol. The van der Waals surface area contributed by atoms with Gasteiger partial charge in [0.15, 0.2) is 5.16 Å². The first-order valence-corrected chi connectivity index (χ1v) is 8.48. The van der Waals surface area contributed by atoms with Crippen molar-refractivity contribution < 1.29 is 13.2 Å². The van der Waals surface area contributed by atoms with Gasteiger partial charge in [-0.25, -0.2) is 4.98 Å². The Morgan fingerprint density at radius 2 is 1.96 bits per heavy atom. The van der Waals surface area contributed by atoms with Gasteiger partial charge in [0.05, 0.1) is 39.4 Å². The fourth-order valence-electron chi connectivity index (χ4n) is 1.79. The molecule has 2 aromatic rings. The molecule has 0 fully saturated rings. The Labute approximate surface area is 151 Å². The van der Waals surface area contributed by atoms with Crippen molar-refractivity contribution in [3.63, 3.8) is 0 Å². The van der Waals surface area contributed by atoms with Crippen LogP contribution in [0.5, 0.6) is 0 Å². The van der Waals surface area contributed by atoms with Gasteiger partial charge < -0.3 is 4.57 Å². The van der Waals surface area contributed by atoms with E-state index >= 15 is 0 Å². The van der Waals surface area contributed by atoms with Crippen LogP contribution in [-0.4, -0.2) is 21.5 Å². The van der Waals surface area contributed by atoms with Crippen molar-refractivity contribution >= 4 is 46.9 Å². The number of alkyl halides is 3. The number of halogens is 5. The van der Waals surface area contributed by atoms with Gasteiger partial charge in [-0.15, -0.1) is 0 Å². The van der Waals surface area contributed by atoms with Crippen LogP contribution in [0, 0.1) is 0 Å². The zero-order valence-corrected chi connectivity index (χ0v) is 15.0. The van der Waals surface area contributed by atoms with E-state index in [0.29, 0.717) is 0 Å². The zero-order valence-electron chi connectivity index (χ0n) is 12.7. The molecule has 0 saturated heterocycles. The van der Waals surface area contributed by atoms with Crippen molar-refractivity contribution in [3.05, 3.63) is 39.6 Å². The van der Waals surface area contributed by atoms with E-state index in [1.165, 1.54) is 6.21 Å². The summed E-state index contributed by atoms with van der Waals surface area (Å²) in [6.45, 7) is 2.02. The maximum atomic E-state index is 12.7. The maximum absolute atomic E-state index is 12.7. The smallest absolute Gasteiger partial charge is 0.321 e. The highest BCUT2D eigenvalue weighted by Crippen LogP contribution is 2.38. The Hall–Kier alpha value is -1.38. The van der Waals surface area contributed by atoms with E-state index in [4.69, 9.17) is 23.2 Å². The number of hydrogen-bond donors (Lipinski definition) is 1. The largest absolute Gasteiger partial charge is 0.416 e. The van der Waals surface area contributed by atoms with E-state index in [0.717, 1.165) is 28.7 Å². The van der Waals surface area contributed by atoms with Crippen molar-refractivity contribution in [2.24, 2.45) is 12.1 Å². The monoisotopic (exact) mass is 396 g/mol. The van der Waals surface area contributed by atoms with Crippen LogP contribution in [-0.2, 0) is 13.2 Å². The fraction of sp³-hybridized carbons (Fsp3) is 0.286. The Kier molecular flexibility index (Phi) is 6.06. The molecule has 1 aromatic carbocycles. The normalized spacial score (nSPS) is 12.1. The molecule has 10 heteroatoms. The first kappa shape index (κ1) is 19.0. The van der Waals surface area contributed by atoms with E-state index in [1.807, 2.05) is 18.5 Å². The number of benzene rings is 1. The number of anilines is 1. The van der Waals surface area contributed by atoms with E-state index < -0.39 is 11.7 Å². The maximum Gasteiger partial charge on any atom is 0.416 e. The number of hydrogen-bond acceptors (Lipinski definition) is 4. The van der Waals surface area contributed by atoms with Gasteiger partial charge in [0.2, 0.25) is 0 Å².